The minimum atomic E-state index is -0.656. The topological polar surface area (TPSA) is 71.0 Å². The molecule has 1 unspecified atom stereocenters. The zero-order valence-electron chi connectivity index (χ0n) is 17.8. The number of thioether (sulfide) groups is 1. The lowest BCUT2D eigenvalue weighted by Gasteiger charge is -2.40. The number of ether oxygens (including phenoxy) is 1. The number of fused-ring (bicyclic) bond motifs is 1. The molecule has 0 saturated carbocycles. The number of benzene rings is 1. The molecule has 1 atom stereocenters. The summed E-state index contributed by atoms with van der Waals surface area (Å²) in [5, 5.41) is 3.86. The lowest BCUT2D eigenvalue weighted by molar-refractivity contribution is -0.139. The predicted molar refractivity (Wildman–Crippen MR) is 123 cm³/mol. The number of carbonyl (C=O) groups excluding carboxylic acids is 2. The maximum Gasteiger partial charge on any atom is 0.338 e. The fraction of sp³-hybridized carbons (Fsp3) is 0.500. The second kappa shape index (κ2) is 9.43. The van der Waals surface area contributed by atoms with Gasteiger partial charge in [0.15, 0.2) is 5.17 Å². The molecule has 1 aromatic rings. The molecule has 3 rings (SSSR count). The number of esters is 1. The van der Waals surface area contributed by atoms with Gasteiger partial charge in [-0.05, 0) is 51.8 Å². The Hall–Kier alpha value is -1.99. The number of rotatable bonds is 6. The van der Waals surface area contributed by atoms with Gasteiger partial charge < -0.3 is 15.0 Å². The summed E-state index contributed by atoms with van der Waals surface area (Å²) in [5.74, 6) is 0.791. The molecule has 2 aliphatic heterocycles. The summed E-state index contributed by atoms with van der Waals surface area (Å²) in [6.45, 7) is 8.42. The maximum absolute atomic E-state index is 12.8. The SMILES string of the molecule is CCOC(=O)C1=C(C)N=C2SCCCN2C1c1ccc(NC(=O)C(C)(C)CCl)cc1. The number of amides is 1. The molecule has 1 aromatic carbocycles. The van der Waals surface area contributed by atoms with E-state index >= 15 is 0 Å². The minimum Gasteiger partial charge on any atom is -0.463 e. The first-order valence-corrected chi connectivity index (χ1v) is 11.6. The van der Waals surface area contributed by atoms with Crippen LogP contribution >= 0.6 is 23.4 Å². The Morgan fingerprint density at radius 3 is 2.67 bits per heavy atom. The number of hydrogen-bond donors (Lipinski definition) is 1. The zero-order valence-corrected chi connectivity index (χ0v) is 19.4. The smallest absolute Gasteiger partial charge is 0.338 e. The molecule has 1 N–H and O–H groups in total. The molecule has 30 heavy (non-hydrogen) atoms. The molecule has 0 bridgehead atoms. The van der Waals surface area contributed by atoms with Gasteiger partial charge in [0, 0.05) is 23.9 Å². The van der Waals surface area contributed by atoms with Crippen LogP contribution in [0.1, 0.15) is 45.7 Å². The highest BCUT2D eigenvalue weighted by atomic mass is 35.5. The predicted octanol–water partition coefficient (Wildman–Crippen LogP) is 4.58. The number of anilines is 1. The summed E-state index contributed by atoms with van der Waals surface area (Å²) < 4.78 is 5.34. The summed E-state index contributed by atoms with van der Waals surface area (Å²) in [5.41, 5.74) is 2.26. The Kier molecular flexibility index (Phi) is 7.14. The van der Waals surface area contributed by atoms with E-state index in [1.54, 1.807) is 32.5 Å². The molecular formula is C22H28ClN3O3S. The standard InChI is InChI=1S/C22H28ClN3O3S/c1-5-29-19(27)17-14(2)24-21-26(11-6-12-30-21)18(17)15-7-9-16(10-8-15)25-20(28)22(3,4)13-23/h7-10,18H,5-6,11-13H2,1-4H3,(H,25,28). The molecular weight excluding hydrogens is 422 g/mol. The van der Waals surface area contributed by atoms with E-state index in [1.807, 2.05) is 31.2 Å². The molecule has 162 valence electrons. The van der Waals surface area contributed by atoms with Crippen molar-refractivity contribution >= 4 is 46.1 Å². The van der Waals surface area contributed by atoms with Gasteiger partial charge in [-0.15, -0.1) is 11.6 Å². The van der Waals surface area contributed by atoms with Crippen LogP contribution in [0, 0.1) is 5.41 Å². The molecule has 2 heterocycles. The summed E-state index contributed by atoms with van der Waals surface area (Å²) in [7, 11) is 0. The van der Waals surface area contributed by atoms with Crippen LogP contribution in [0.25, 0.3) is 0 Å². The fourth-order valence-electron chi connectivity index (χ4n) is 3.39. The van der Waals surface area contributed by atoms with Crippen LogP contribution in [0.5, 0.6) is 0 Å². The van der Waals surface area contributed by atoms with Crippen molar-refractivity contribution in [3.05, 3.63) is 41.1 Å². The molecule has 8 heteroatoms. The first-order chi connectivity index (χ1) is 14.3. The summed E-state index contributed by atoms with van der Waals surface area (Å²) >= 11 is 7.62. The van der Waals surface area contributed by atoms with Gasteiger partial charge >= 0.3 is 5.97 Å². The molecule has 0 aliphatic carbocycles. The van der Waals surface area contributed by atoms with Gasteiger partial charge in [-0.25, -0.2) is 9.79 Å². The van der Waals surface area contributed by atoms with Gasteiger partial charge in [0.25, 0.3) is 0 Å². The third kappa shape index (κ3) is 4.67. The molecule has 0 radical (unpaired) electrons. The van der Waals surface area contributed by atoms with E-state index in [1.165, 1.54) is 0 Å². The maximum atomic E-state index is 12.8. The van der Waals surface area contributed by atoms with Gasteiger partial charge in [0.1, 0.15) is 0 Å². The zero-order chi connectivity index (χ0) is 21.9. The van der Waals surface area contributed by atoms with Crippen LogP contribution in [0.2, 0.25) is 0 Å². The van der Waals surface area contributed by atoms with E-state index in [0.29, 0.717) is 23.6 Å². The third-order valence-corrected chi connectivity index (χ3v) is 6.93. The number of amidine groups is 1. The van der Waals surface area contributed by atoms with Gasteiger partial charge in [0.05, 0.1) is 29.3 Å². The second-order valence-corrected chi connectivity index (χ2v) is 9.33. The first kappa shape index (κ1) is 22.7. The molecule has 1 fully saturated rings. The molecule has 1 amide bonds. The van der Waals surface area contributed by atoms with Crippen LogP contribution < -0.4 is 5.32 Å². The van der Waals surface area contributed by atoms with Crippen molar-refractivity contribution in [2.24, 2.45) is 10.4 Å². The Balaban J connectivity index is 1.92. The van der Waals surface area contributed by atoms with E-state index in [9.17, 15) is 9.59 Å². The van der Waals surface area contributed by atoms with Crippen molar-refractivity contribution in [1.29, 1.82) is 0 Å². The molecule has 6 nitrogen and oxygen atoms in total. The third-order valence-electron chi connectivity index (χ3n) is 5.19. The lowest BCUT2D eigenvalue weighted by Crippen LogP contribution is -2.42. The van der Waals surface area contributed by atoms with Crippen LogP contribution in [0.15, 0.2) is 40.5 Å². The quantitative estimate of drug-likeness (QED) is 0.508. The number of nitrogens with one attached hydrogen (secondary N) is 1. The average molecular weight is 450 g/mol. The highest BCUT2D eigenvalue weighted by Crippen LogP contribution is 2.40. The van der Waals surface area contributed by atoms with Crippen LogP contribution in [0.3, 0.4) is 0 Å². The Morgan fingerprint density at radius 2 is 2.03 bits per heavy atom. The van der Waals surface area contributed by atoms with Crippen molar-refractivity contribution in [1.82, 2.24) is 4.90 Å². The van der Waals surface area contributed by atoms with Crippen molar-refractivity contribution in [3.63, 3.8) is 0 Å². The normalized spacial score (nSPS) is 19.2. The summed E-state index contributed by atoms with van der Waals surface area (Å²) in [6, 6.07) is 7.36. The van der Waals surface area contributed by atoms with Crippen LogP contribution in [0.4, 0.5) is 5.69 Å². The monoisotopic (exact) mass is 449 g/mol. The summed E-state index contributed by atoms with van der Waals surface area (Å²) in [6.07, 6.45) is 1.02. The summed E-state index contributed by atoms with van der Waals surface area (Å²) in [4.78, 5) is 32.0. The van der Waals surface area contributed by atoms with Gasteiger partial charge in [-0.2, -0.15) is 0 Å². The van der Waals surface area contributed by atoms with E-state index < -0.39 is 5.41 Å². The average Bonchev–Trinajstić information content (AvgIpc) is 2.73. The number of allylic oxidation sites excluding steroid dienone is 1. The largest absolute Gasteiger partial charge is 0.463 e. The number of nitrogens with zero attached hydrogens (tertiary/aromatic N) is 2. The molecule has 2 aliphatic rings. The van der Waals surface area contributed by atoms with Crippen molar-refractivity contribution < 1.29 is 14.3 Å². The highest BCUT2D eigenvalue weighted by Gasteiger charge is 2.37. The van der Waals surface area contributed by atoms with Gasteiger partial charge in [0.2, 0.25) is 5.91 Å². The Bertz CT molecular complexity index is 880. The van der Waals surface area contributed by atoms with E-state index in [4.69, 9.17) is 16.3 Å². The number of hydrogen-bond acceptors (Lipinski definition) is 6. The highest BCUT2D eigenvalue weighted by molar-refractivity contribution is 8.13. The van der Waals surface area contributed by atoms with Gasteiger partial charge in [-0.3, -0.25) is 4.79 Å². The lowest BCUT2D eigenvalue weighted by atomic mass is 9.93. The minimum absolute atomic E-state index is 0.132. The van der Waals surface area contributed by atoms with Crippen molar-refractivity contribution in [2.45, 2.75) is 40.2 Å². The molecule has 0 spiro atoms. The number of carbonyl (C=O) groups is 2. The number of halogens is 1. The second-order valence-electron chi connectivity index (χ2n) is 8.01. The Labute approximate surface area is 187 Å². The van der Waals surface area contributed by atoms with Crippen molar-refractivity contribution in [3.8, 4) is 0 Å². The molecule has 0 aromatic heterocycles. The van der Waals surface area contributed by atoms with E-state index in [0.717, 1.165) is 29.4 Å². The number of alkyl halides is 1. The van der Waals surface area contributed by atoms with E-state index in [-0.39, 0.29) is 23.8 Å². The van der Waals surface area contributed by atoms with E-state index in [2.05, 4.69) is 15.2 Å². The van der Waals surface area contributed by atoms with Crippen molar-refractivity contribution in [2.75, 3.05) is 30.1 Å². The van der Waals surface area contributed by atoms with Gasteiger partial charge in [-0.1, -0.05) is 23.9 Å². The fourth-order valence-corrected chi connectivity index (χ4v) is 4.54. The Morgan fingerprint density at radius 1 is 1.33 bits per heavy atom. The molecule has 1 saturated heterocycles. The van der Waals surface area contributed by atoms with Crippen LogP contribution in [-0.4, -0.2) is 46.7 Å². The first-order valence-electron chi connectivity index (χ1n) is 10.1. The van der Waals surface area contributed by atoms with Crippen LogP contribution in [-0.2, 0) is 14.3 Å². The number of aliphatic imine (C=N–C) groups is 1.